The maximum Gasteiger partial charge on any atom is 4.00 e. The minimum absolute atomic E-state index is 0. The van der Waals surface area contributed by atoms with Crippen LogP contribution in [0.2, 0.25) is 0 Å². The number of unbranched alkanes of at least 4 members (excludes halogenated alkanes) is 1. The van der Waals surface area contributed by atoms with Crippen molar-refractivity contribution in [2.45, 2.75) is 32.1 Å². The van der Waals surface area contributed by atoms with Crippen molar-refractivity contribution in [2.75, 3.05) is 0 Å². The molecule has 136 valence electrons. The minimum atomic E-state index is 0. The first-order valence-corrected chi connectivity index (χ1v) is 8.24. The molecule has 0 saturated carbocycles. The first-order valence-electron chi connectivity index (χ1n) is 8.24. The number of hydrogen-bond acceptors (Lipinski definition) is 0. The van der Waals surface area contributed by atoms with E-state index in [1.807, 2.05) is 0 Å². The Bertz CT molecular complexity index is 656. The van der Waals surface area contributed by atoms with E-state index in [9.17, 15) is 0 Å². The van der Waals surface area contributed by atoms with E-state index in [4.69, 9.17) is 0 Å². The van der Waals surface area contributed by atoms with Crippen LogP contribution in [0.3, 0.4) is 0 Å². The average molecular weight is 442 g/mol. The molecule has 0 aliphatic rings. The fourth-order valence-electron chi connectivity index (χ4n) is 3.10. The second kappa shape index (κ2) is 14.4. The van der Waals surface area contributed by atoms with Crippen molar-refractivity contribution in [2.24, 2.45) is 0 Å². The Hall–Kier alpha value is -0.626. The number of hydrogen-bond donors (Lipinski definition) is 0. The Balaban J connectivity index is 0. The Morgan fingerprint density at radius 3 is 1.73 bits per heavy atom. The van der Waals surface area contributed by atoms with Gasteiger partial charge in [-0.05, 0) is 17.0 Å². The van der Waals surface area contributed by atoms with Gasteiger partial charge < -0.3 is 37.2 Å². The van der Waals surface area contributed by atoms with Crippen LogP contribution >= 0.6 is 0 Å². The first-order chi connectivity index (χ1) is 10.9. The summed E-state index contributed by atoms with van der Waals surface area (Å²) in [6.07, 6.45) is 3.71. The van der Waals surface area contributed by atoms with E-state index >= 15 is 0 Å². The maximum atomic E-state index is 2.39. The monoisotopic (exact) mass is 440 g/mol. The zero-order valence-electron chi connectivity index (χ0n) is 14.8. The molecule has 0 N–H and O–H groups in total. The predicted molar refractivity (Wildman–Crippen MR) is 94.5 cm³/mol. The number of rotatable bonds is 6. The molecule has 0 fully saturated rings. The molecular weight excluding hydrogens is 418 g/mol. The molecule has 0 nitrogen and oxygen atoms in total. The van der Waals surface area contributed by atoms with E-state index in [0.717, 1.165) is 0 Å². The van der Waals surface area contributed by atoms with Gasteiger partial charge in [0.25, 0.3) is 0 Å². The molecule has 0 saturated heterocycles. The van der Waals surface area contributed by atoms with Gasteiger partial charge in [-0.15, -0.1) is 5.56 Å². The molecule has 0 heterocycles. The smallest absolute Gasteiger partial charge is 1.00 e. The molecule has 0 unspecified atom stereocenters. The van der Waals surface area contributed by atoms with Crippen molar-refractivity contribution in [3.63, 3.8) is 0 Å². The van der Waals surface area contributed by atoms with Crippen LogP contribution in [0.5, 0.6) is 0 Å². The third-order valence-corrected chi connectivity index (χ3v) is 4.26. The Labute approximate surface area is 191 Å². The summed E-state index contributed by atoms with van der Waals surface area (Å²) in [5.74, 6) is 0.331. The van der Waals surface area contributed by atoms with E-state index in [1.165, 1.54) is 41.5 Å². The first kappa shape index (κ1) is 27.6. The SMILES string of the molecule is CCCCc1cc[c-](C(c2ccccc2)c2ccccc2)c1.[Cl-].[Cl-].[Cl-].[Ti+4]. The number of halogens is 3. The number of benzene rings is 2. The molecule has 0 bridgehead atoms. The molecule has 4 heteroatoms. The molecule has 0 amide bonds. The summed E-state index contributed by atoms with van der Waals surface area (Å²) in [5.41, 5.74) is 5.60. The Kier molecular flexibility index (Phi) is 15.3. The van der Waals surface area contributed by atoms with Gasteiger partial charge in [0, 0.05) is 0 Å². The van der Waals surface area contributed by atoms with Gasteiger partial charge >= 0.3 is 21.7 Å². The van der Waals surface area contributed by atoms with E-state index < -0.39 is 0 Å². The van der Waals surface area contributed by atoms with Crippen molar-refractivity contribution >= 4 is 0 Å². The second-order valence-electron chi connectivity index (χ2n) is 5.91. The molecule has 0 aromatic heterocycles. The third-order valence-electron chi connectivity index (χ3n) is 4.26. The fourth-order valence-corrected chi connectivity index (χ4v) is 3.10. The number of aryl methyl sites for hydroxylation is 1. The maximum absolute atomic E-state index is 2.39. The van der Waals surface area contributed by atoms with Crippen LogP contribution in [0.25, 0.3) is 0 Å². The summed E-state index contributed by atoms with van der Waals surface area (Å²) >= 11 is 0. The standard InChI is InChI=1S/C22H23.3ClH.Ti/c1-2-3-10-18-15-16-21(17-18)22(19-11-6-4-7-12-19)20-13-8-5-9-14-20;;;;/h4-9,11-17,22H,2-3,10H2,1H3;3*1H;/q-1;;;;+4/p-3. The van der Waals surface area contributed by atoms with Gasteiger partial charge in [-0.25, -0.2) is 6.07 Å². The van der Waals surface area contributed by atoms with Crippen LogP contribution in [0.1, 0.15) is 47.9 Å². The largest absolute Gasteiger partial charge is 4.00 e. The molecule has 0 atom stereocenters. The van der Waals surface area contributed by atoms with E-state index in [-0.39, 0.29) is 58.9 Å². The summed E-state index contributed by atoms with van der Waals surface area (Å²) in [5, 5.41) is 0. The summed E-state index contributed by atoms with van der Waals surface area (Å²) < 4.78 is 0. The Morgan fingerprint density at radius 1 is 0.769 bits per heavy atom. The summed E-state index contributed by atoms with van der Waals surface area (Å²) in [6, 6.07) is 28.6. The van der Waals surface area contributed by atoms with Crippen LogP contribution in [-0.2, 0) is 28.1 Å². The van der Waals surface area contributed by atoms with Crippen molar-refractivity contribution < 1.29 is 58.9 Å². The predicted octanol–water partition coefficient (Wildman–Crippen LogP) is -3.06. The molecule has 0 radical (unpaired) electrons. The van der Waals surface area contributed by atoms with Crippen molar-refractivity contribution in [1.29, 1.82) is 0 Å². The third kappa shape index (κ3) is 7.18. The molecule has 26 heavy (non-hydrogen) atoms. The van der Waals surface area contributed by atoms with Gasteiger partial charge in [0.15, 0.2) is 0 Å². The van der Waals surface area contributed by atoms with E-state index in [2.05, 4.69) is 85.8 Å². The topological polar surface area (TPSA) is 0 Å². The second-order valence-corrected chi connectivity index (χ2v) is 5.91. The zero-order valence-corrected chi connectivity index (χ0v) is 18.7. The average Bonchev–Trinajstić information content (AvgIpc) is 3.04. The summed E-state index contributed by atoms with van der Waals surface area (Å²) in [4.78, 5) is 0. The van der Waals surface area contributed by atoms with Crippen molar-refractivity contribution in [3.8, 4) is 0 Å². The minimum Gasteiger partial charge on any atom is -1.00 e. The fraction of sp³-hybridized carbons (Fsp3) is 0.227. The van der Waals surface area contributed by atoms with Crippen LogP contribution in [-0.4, -0.2) is 0 Å². The van der Waals surface area contributed by atoms with Crippen molar-refractivity contribution in [1.82, 2.24) is 0 Å². The van der Waals surface area contributed by atoms with Gasteiger partial charge in [-0.1, -0.05) is 86.8 Å². The Morgan fingerprint density at radius 2 is 1.27 bits per heavy atom. The molecule has 3 rings (SSSR count). The van der Waals surface area contributed by atoms with Gasteiger partial charge in [0.05, 0.1) is 0 Å². The van der Waals surface area contributed by atoms with Gasteiger partial charge in [-0.2, -0.15) is 17.7 Å². The molecular formula is C22H23Cl3Ti. The van der Waals surface area contributed by atoms with Crippen LogP contribution in [0, 0.1) is 0 Å². The van der Waals surface area contributed by atoms with E-state index in [1.54, 1.807) is 0 Å². The summed E-state index contributed by atoms with van der Waals surface area (Å²) in [7, 11) is 0. The van der Waals surface area contributed by atoms with Gasteiger partial charge in [-0.3, -0.25) is 0 Å². The summed E-state index contributed by atoms with van der Waals surface area (Å²) in [6.45, 7) is 2.25. The van der Waals surface area contributed by atoms with E-state index in [0.29, 0.717) is 5.92 Å². The van der Waals surface area contributed by atoms with Gasteiger partial charge in [0.2, 0.25) is 0 Å². The zero-order chi connectivity index (χ0) is 15.2. The molecule has 0 aliphatic heterocycles. The van der Waals surface area contributed by atoms with Crippen LogP contribution < -0.4 is 37.2 Å². The normalized spacial score (nSPS) is 9.31. The molecule has 0 spiro atoms. The van der Waals surface area contributed by atoms with Crippen molar-refractivity contribution in [3.05, 3.63) is 101 Å². The molecule has 3 aromatic carbocycles. The van der Waals surface area contributed by atoms with Crippen LogP contribution in [0.4, 0.5) is 0 Å². The van der Waals surface area contributed by atoms with Gasteiger partial charge in [0.1, 0.15) is 0 Å². The quantitative estimate of drug-likeness (QED) is 0.282. The van der Waals surface area contributed by atoms with Crippen LogP contribution in [0.15, 0.2) is 78.9 Å². The molecule has 3 aromatic rings. The molecule has 0 aliphatic carbocycles.